The molecule has 1 aliphatic heterocycles. The molecule has 1 N–H and O–H groups in total. The van der Waals surface area contributed by atoms with E-state index < -0.39 is 9.89 Å². The summed E-state index contributed by atoms with van der Waals surface area (Å²) < 4.78 is 4.84. The summed E-state index contributed by atoms with van der Waals surface area (Å²) in [4.78, 5) is 29.8. The molecule has 2 aromatic heterocycles. The number of amides is 2. The zero-order valence-electron chi connectivity index (χ0n) is 15.6. The van der Waals surface area contributed by atoms with Crippen molar-refractivity contribution in [3.05, 3.63) is 59.5 Å². The van der Waals surface area contributed by atoms with Crippen molar-refractivity contribution in [3.8, 4) is 22.7 Å². The standard InChI is InChI=1S/C19H13Cl4N5O3/c20-12-4-11(5-14(6-12)31-19(21,22)23)16-7-15(18(30)27-9-17(29)25-10-27)26-28(16)13-2-1-3-24-8-13/h1-8H,9-10H2,(H,25,29). The average molecular weight is 501 g/mol. The van der Waals surface area contributed by atoms with Crippen LogP contribution in [0.5, 0.6) is 5.75 Å². The van der Waals surface area contributed by atoms with Gasteiger partial charge in [0.05, 0.1) is 24.2 Å². The van der Waals surface area contributed by atoms with Crippen molar-refractivity contribution in [1.29, 1.82) is 0 Å². The summed E-state index contributed by atoms with van der Waals surface area (Å²) in [6.45, 7) is 0.0808. The van der Waals surface area contributed by atoms with Crippen LogP contribution in [0.3, 0.4) is 0 Å². The molecule has 1 aliphatic rings. The molecule has 0 saturated carbocycles. The number of aromatic nitrogens is 3. The summed E-state index contributed by atoms with van der Waals surface area (Å²) in [5.41, 5.74) is 1.82. The Morgan fingerprint density at radius 3 is 2.65 bits per heavy atom. The number of benzene rings is 1. The molecule has 31 heavy (non-hydrogen) atoms. The Balaban J connectivity index is 1.80. The van der Waals surface area contributed by atoms with Crippen molar-refractivity contribution in [1.82, 2.24) is 25.0 Å². The van der Waals surface area contributed by atoms with Crippen LogP contribution < -0.4 is 10.1 Å². The number of nitrogens with one attached hydrogen (secondary N) is 1. The lowest BCUT2D eigenvalue weighted by atomic mass is 10.1. The maximum Gasteiger partial charge on any atom is 0.338 e. The van der Waals surface area contributed by atoms with Crippen LogP contribution in [0, 0.1) is 0 Å². The summed E-state index contributed by atoms with van der Waals surface area (Å²) in [5.74, 6) is -0.422. The maximum atomic E-state index is 12.9. The Morgan fingerprint density at radius 2 is 2.00 bits per heavy atom. The lowest BCUT2D eigenvalue weighted by Gasteiger charge is -2.15. The van der Waals surface area contributed by atoms with Crippen LogP contribution in [0.15, 0.2) is 48.8 Å². The minimum absolute atomic E-state index is 0.0354. The normalized spacial score (nSPS) is 13.9. The molecule has 2 amide bonds. The van der Waals surface area contributed by atoms with E-state index in [1.54, 1.807) is 42.7 Å². The minimum Gasteiger partial charge on any atom is -0.446 e. The van der Waals surface area contributed by atoms with Gasteiger partial charge in [-0.15, -0.1) is 0 Å². The number of pyridine rings is 1. The van der Waals surface area contributed by atoms with E-state index in [9.17, 15) is 9.59 Å². The molecule has 12 heteroatoms. The number of carbonyl (C=O) groups excluding carboxylic acids is 2. The average Bonchev–Trinajstić information content (AvgIpc) is 3.33. The highest BCUT2D eigenvalue weighted by Gasteiger charge is 2.28. The highest BCUT2D eigenvalue weighted by molar-refractivity contribution is 6.66. The maximum absolute atomic E-state index is 12.9. The molecular weight excluding hydrogens is 488 g/mol. The summed E-state index contributed by atoms with van der Waals surface area (Å²) in [6, 6.07) is 9.86. The molecule has 3 aromatic rings. The smallest absolute Gasteiger partial charge is 0.338 e. The molecule has 0 aliphatic carbocycles. The van der Waals surface area contributed by atoms with Crippen molar-refractivity contribution >= 4 is 58.2 Å². The fourth-order valence-electron chi connectivity index (χ4n) is 3.04. The van der Waals surface area contributed by atoms with Crippen molar-refractivity contribution < 1.29 is 14.3 Å². The molecule has 0 radical (unpaired) electrons. The molecule has 0 bridgehead atoms. The van der Waals surface area contributed by atoms with E-state index in [1.807, 2.05) is 0 Å². The molecule has 0 atom stereocenters. The first kappa shape index (κ1) is 21.7. The number of hydrogen-bond donors (Lipinski definition) is 1. The molecule has 1 fully saturated rings. The topological polar surface area (TPSA) is 89.4 Å². The number of rotatable bonds is 4. The molecule has 0 spiro atoms. The van der Waals surface area contributed by atoms with E-state index in [0.29, 0.717) is 22.0 Å². The largest absolute Gasteiger partial charge is 0.446 e. The van der Waals surface area contributed by atoms with Crippen LogP contribution in [-0.4, -0.2) is 48.7 Å². The molecule has 1 aromatic carbocycles. The SMILES string of the molecule is O=C1CN(C(=O)c2cc(-c3cc(Cl)cc(OC(Cl)(Cl)Cl)c3)n(-c3cccnc3)n2)CN1. The molecular formula is C19H13Cl4N5O3. The first-order valence-corrected chi connectivity index (χ1v) is 10.3. The van der Waals surface area contributed by atoms with Gasteiger partial charge >= 0.3 is 3.98 Å². The quantitative estimate of drug-likeness (QED) is 0.550. The Bertz CT molecular complexity index is 1150. The van der Waals surface area contributed by atoms with Gasteiger partial charge in [0.25, 0.3) is 5.91 Å². The third-order valence-electron chi connectivity index (χ3n) is 4.31. The van der Waals surface area contributed by atoms with Gasteiger partial charge in [-0.2, -0.15) is 5.10 Å². The van der Waals surface area contributed by atoms with E-state index in [0.717, 1.165) is 0 Å². The van der Waals surface area contributed by atoms with Crippen molar-refractivity contribution in [3.63, 3.8) is 0 Å². The van der Waals surface area contributed by atoms with E-state index in [-0.39, 0.29) is 30.6 Å². The molecule has 8 nitrogen and oxygen atoms in total. The third kappa shape index (κ3) is 5.04. The Hall–Kier alpha value is -2.52. The second-order valence-electron chi connectivity index (χ2n) is 6.52. The fourth-order valence-corrected chi connectivity index (χ4v) is 3.54. The monoisotopic (exact) mass is 499 g/mol. The van der Waals surface area contributed by atoms with Crippen molar-refractivity contribution in [2.24, 2.45) is 0 Å². The Kier molecular flexibility index (Phi) is 5.98. The number of carbonyl (C=O) groups is 2. The molecule has 1 saturated heterocycles. The van der Waals surface area contributed by atoms with Gasteiger partial charge in [-0.05, 0) is 71.2 Å². The second kappa shape index (κ2) is 8.55. The minimum atomic E-state index is -1.98. The van der Waals surface area contributed by atoms with Gasteiger partial charge in [0.15, 0.2) is 5.69 Å². The van der Waals surface area contributed by atoms with E-state index in [4.69, 9.17) is 51.1 Å². The fraction of sp³-hybridized carbons (Fsp3) is 0.158. The van der Waals surface area contributed by atoms with Gasteiger partial charge in [0, 0.05) is 16.8 Å². The third-order valence-corrected chi connectivity index (χ3v) is 4.76. The number of halogens is 4. The predicted molar refractivity (Wildman–Crippen MR) is 117 cm³/mol. The Morgan fingerprint density at radius 1 is 1.19 bits per heavy atom. The highest BCUT2D eigenvalue weighted by atomic mass is 35.6. The van der Waals surface area contributed by atoms with Crippen LogP contribution >= 0.6 is 46.4 Å². The van der Waals surface area contributed by atoms with Crippen LogP contribution in [-0.2, 0) is 4.79 Å². The van der Waals surface area contributed by atoms with E-state index in [2.05, 4.69) is 15.4 Å². The lowest BCUT2D eigenvalue weighted by molar-refractivity contribution is -0.118. The van der Waals surface area contributed by atoms with Gasteiger partial charge < -0.3 is 15.0 Å². The molecule has 160 valence electrons. The van der Waals surface area contributed by atoms with Crippen molar-refractivity contribution in [2.75, 3.05) is 13.2 Å². The molecule has 3 heterocycles. The van der Waals surface area contributed by atoms with Gasteiger partial charge in [-0.1, -0.05) is 11.6 Å². The summed E-state index contributed by atoms with van der Waals surface area (Å²) in [6.07, 6.45) is 3.21. The number of ether oxygens (including phenoxy) is 1. The number of hydrogen-bond acceptors (Lipinski definition) is 5. The van der Waals surface area contributed by atoms with Crippen LogP contribution in [0.1, 0.15) is 10.5 Å². The van der Waals surface area contributed by atoms with Crippen LogP contribution in [0.4, 0.5) is 0 Å². The Labute approximate surface area is 196 Å². The first-order valence-electron chi connectivity index (χ1n) is 8.83. The second-order valence-corrected chi connectivity index (χ2v) is 9.14. The summed E-state index contributed by atoms with van der Waals surface area (Å²) in [5, 5.41) is 7.36. The zero-order valence-corrected chi connectivity index (χ0v) is 18.6. The number of nitrogens with zero attached hydrogens (tertiary/aromatic N) is 4. The van der Waals surface area contributed by atoms with Crippen molar-refractivity contribution in [2.45, 2.75) is 3.98 Å². The van der Waals surface area contributed by atoms with E-state index in [1.165, 1.54) is 15.6 Å². The predicted octanol–water partition coefficient (Wildman–Crippen LogP) is 3.82. The molecule has 0 unspecified atom stereocenters. The summed E-state index contributed by atoms with van der Waals surface area (Å²) >= 11 is 23.4. The van der Waals surface area contributed by atoms with Crippen LogP contribution in [0.25, 0.3) is 16.9 Å². The van der Waals surface area contributed by atoms with Gasteiger partial charge in [-0.25, -0.2) is 4.68 Å². The zero-order chi connectivity index (χ0) is 22.2. The highest BCUT2D eigenvalue weighted by Crippen LogP contribution is 2.35. The van der Waals surface area contributed by atoms with Gasteiger partial charge in [-0.3, -0.25) is 14.6 Å². The lowest BCUT2D eigenvalue weighted by Crippen LogP contribution is -2.30. The number of alkyl halides is 3. The molecule has 4 rings (SSSR count). The first-order chi connectivity index (χ1) is 14.7. The van der Waals surface area contributed by atoms with Crippen LogP contribution in [0.2, 0.25) is 5.02 Å². The summed E-state index contributed by atoms with van der Waals surface area (Å²) in [7, 11) is 0. The van der Waals surface area contributed by atoms with Gasteiger partial charge in [0.1, 0.15) is 12.3 Å². The van der Waals surface area contributed by atoms with E-state index >= 15 is 0 Å². The van der Waals surface area contributed by atoms with Gasteiger partial charge in [0.2, 0.25) is 5.91 Å².